The molecule has 1 aromatic heterocycles. The maximum absolute atomic E-state index is 11.1. The number of hydrogen-bond acceptors (Lipinski definition) is 4. The Morgan fingerprint density at radius 3 is 2.79 bits per heavy atom. The molecule has 1 heterocycles. The van der Waals surface area contributed by atoms with Gasteiger partial charge in [-0.25, -0.2) is 4.98 Å². The molecule has 0 aliphatic rings. The van der Waals surface area contributed by atoms with E-state index in [9.17, 15) is 9.59 Å². The van der Waals surface area contributed by atoms with Crippen molar-refractivity contribution < 1.29 is 14.7 Å². The highest BCUT2D eigenvalue weighted by molar-refractivity contribution is 9.11. The molecule has 0 saturated heterocycles. The Bertz CT molecular complexity index is 352. The number of carboxylic acid groups (broad SMARTS) is 1. The minimum atomic E-state index is -0.986. The third-order valence-electron chi connectivity index (χ3n) is 1.29. The van der Waals surface area contributed by atoms with Crippen LogP contribution in [0.4, 0.5) is 5.13 Å². The Kier molecular flexibility index (Phi) is 4.02. The Labute approximate surface area is 92.3 Å². The third kappa shape index (κ3) is 3.84. The summed E-state index contributed by atoms with van der Waals surface area (Å²) in [6.07, 6.45) is 1.36. The molecule has 7 heteroatoms. The lowest BCUT2D eigenvalue weighted by molar-refractivity contribution is -0.138. The van der Waals surface area contributed by atoms with Crippen molar-refractivity contribution in [1.29, 1.82) is 0 Å². The highest BCUT2D eigenvalue weighted by Crippen LogP contribution is 2.23. The number of carboxylic acids is 1. The molecule has 1 aromatic rings. The molecule has 5 nitrogen and oxygen atoms in total. The second kappa shape index (κ2) is 5.06. The quantitative estimate of drug-likeness (QED) is 0.879. The standard InChI is InChI=1S/C7H7BrN2O3S/c8-4-3-9-7(14-4)10-5(11)1-2-6(12)13/h3H,1-2H2,(H,12,13)(H,9,10,11). The molecular weight excluding hydrogens is 272 g/mol. The van der Waals surface area contributed by atoms with Gasteiger partial charge in [0.15, 0.2) is 5.13 Å². The maximum Gasteiger partial charge on any atom is 0.303 e. The van der Waals surface area contributed by atoms with E-state index in [4.69, 9.17) is 5.11 Å². The molecule has 14 heavy (non-hydrogen) atoms. The number of nitrogens with one attached hydrogen (secondary N) is 1. The molecule has 2 N–H and O–H groups in total. The minimum Gasteiger partial charge on any atom is -0.481 e. The monoisotopic (exact) mass is 278 g/mol. The van der Waals surface area contributed by atoms with Crippen LogP contribution in [0.15, 0.2) is 9.98 Å². The van der Waals surface area contributed by atoms with E-state index in [2.05, 4.69) is 26.2 Å². The van der Waals surface area contributed by atoms with Crippen LogP contribution in [0, 0.1) is 0 Å². The molecule has 0 saturated carbocycles. The number of halogens is 1. The predicted octanol–water partition coefficient (Wildman–Crippen LogP) is 1.71. The Balaban J connectivity index is 2.37. The first-order valence-corrected chi connectivity index (χ1v) is 5.32. The molecule has 0 unspecified atom stereocenters. The minimum absolute atomic E-state index is 0.0352. The van der Waals surface area contributed by atoms with E-state index in [0.717, 1.165) is 3.79 Å². The fraction of sp³-hybridized carbons (Fsp3) is 0.286. The zero-order chi connectivity index (χ0) is 10.6. The zero-order valence-corrected chi connectivity index (χ0v) is 9.39. The van der Waals surface area contributed by atoms with Gasteiger partial charge in [0.1, 0.15) is 0 Å². The topological polar surface area (TPSA) is 79.3 Å². The number of rotatable bonds is 4. The highest BCUT2D eigenvalue weighted by Gasteiger charge is 2.07. The Hall–Kier alpha value is -0.950. The van der Waals surface area contributed by atoms with E-state index >= 15 is 0 Å². The van der Waals surface area contributed by atoms with Crippen molar-refractivity contribution in [2.24, 2.45) is 0 Å². The van der Waals surface area contributed by atoms with Crippen LogP contribution in [0.2, 0.25) is 0 Å². The summed E-state index contributed by atoms with van der Waals surface area (Å²) in [5, 5.41) is 11.3. The summed E-state index contributed by atoms with van der Waals surface area (Å²) in [6.45, 7) is 0. The number of carbonyl (C=O) groups is 2. The van der Waals surface area contributed by atoms with Gasteiger partial charge in [-0.1, -0.05) is 11.3 Å². The molecule has 76 valence electrons. The molecule has 0 aliphatic heterocycles. The zero-order valence-electron chi connectivity index (χ0n) is 6.99. The van der Waals surface area contributed by atoms with Gasteiger partial charge in [0, 0.05) is 6.42 Å². The van der Waals surface area contributed by atoms with Crippen molar-refractivity contribution in [3.05, 3.63) is 9.98 Å². The van der Waals surface area contributed by atoms with Crippen molar-refractivity contribution in [2.45, 2.75) is 12.8 Å². The summed E-state index contributed by atoms with van der Waals surface area (Å²) in [4.78, 5) is 25.1. The van der Waals surface area contributed by atoms with Gasteiger partial charge >= 0.3 is 5.97 Å². The molecule has 0 atom stereocenters. The number of hydrogen-bond donors (Lipinski definition) is 2. The van der Waals surface area contributed by atoms with Crippen LogP contribution in [0.25, 0.3) is 0 Å². The second-order valence-electron chi connectivity index (χ2n) is 2.41. The first kappa shape index (κ1) is 11.1. The van der Waals surface area contributed by atoms with Crippen LogP contribution in [0.5, 0.6) is 0 Å². The summed E-state index contributed by atoms with van der Waals surface area (Å²) < 4.78 is 0.811. The summed E-state index contributed by atoms with van der Waals surface area (Å²) >= 11 is 4.47. The number of amides is 1. The van der Waals surface area contributed by atoms with Crippen LogP contribution in [0.3, 0.4) is 0 Å². The lowest BCUT2D eigenvalue weighted by Crippen LogP contribution is -2.12. The van der Waals surface area contributed by atoms with Crippen molar-refractivity contribution in [3.63, 3.8) is 0 Å². The van der Waals surface area contributed by atoms with Crippen LogP contribution in [0.1, 0.15) is 12.8 Å². The lowest BCUT2D eigenvalue weighted by atomic mass is 10.3. The van der Waals surface area contributed by atoms with Crippen molar-refractivity contribution in [3.8, 4) is 0 Å². The number of nitrogens with zero attached hydrogens (tertiary/aromatic N) is 1. The van der Waals surface area contributed by atoms with Gasteiger partial charge in [-0.2, -0.15) is 0 Å². The van der Waals surface area contributed by atoms with Crippen LogP contribution in [-0.2, 0) is 9.59 Å². The van der Waals surface area contributed by atoms with Gasteiger partial charge in [0.25, 0.3) is 0 Å². The molecule has 1 amide bonds. The lowest BCUT2D eigenvalue weighted by Gasteiger charge is -1.98. The summed E-state index contributed by atoms with van der Waals surface area (Å²) in [7, 11) is 0. The first-order chi connectivity index (χ1) is 6.58. The number of aromatic nitrogens is 1. The van der Waals surface area contributed by atoms with E-state index in [0.29, 0.717) is 5.13 Å². The van der Waals surface area contributed by atoms with Gasteiger partial charge in [-0.05, 0) is 15.9 Å². The largest absolute Gasteiger partial charge is 0.481 e. The molecule has 0 bridgehead atoms. The Morgan fingerprint density at radius 2 is 2.29 bits per heavy atom. The normalized spacial score (nSPS) is 9.79. The van der Waals surface area contributed by atoms with Gasteiger partial charge in [-0.3, -0.25) is 9.59 Å². The van der Waals surface area contributed by atoms with Crippen LogP contribution < -0.4 is 5.32 Å². The molecular formula is C7H7BrN2O3S. The SMILES string of the molecule is O=C(O)CCC(=O)Nc1ncc(Br)s1. The van der Waals surface area contributed by atoms with Gasteiger partial charge in [0.05, 0.1) is 16.4 Å². The van der Waals surface area contributed by atoms with E-state index in [1.165, 1.54) is 11.3 Å². The van der Waals surface area contributed by atoms with E-state index in [1.54, 1.807) is 6.20 Å². The summed E-state index contributed by atoms with van der Waals surface area (Å²) in [6, 6.07) is 0. The summed E-state index contributed by atoms with van der Waals surface area (Å²) in [5.41, 5.74) is 0. The average Bonchev–Trinajstić information content (AvgIpc) is 2.48. The first-order valence-electron chi connectivity index (χ1n) is 3.71. The van der Waals surface area contributed by atoms with Crippen LogP contribution in [-0.4, -0.2) is 22.0 Å². The average molecular weight is 279 g/mol. The predicted molar refractivity (Wildman–Crippen MR) is 55.3 cm³/mol. The third-order valence-corrected chi connectivity index (χ3v) is 2.68. The Morgan fingerprint density at radius 1 is 1.57 bits per heavy atom. The number of aliphatic carboxylic acids is 1. The van der Waals surface area contributed by atoms with Crippen molar-refractivity contribution in [2.75, 3.05) is 5.32 Å². The summed E-state index contributed by atoms with van der Waals surface area (Å²) in [5.74, 6) is -1.32. The maximum atomic E-state index is 11.1. The van der Waals surface area contributed by atoms with Gasteiger partial charge in [-0.15, -0.1) is 0 Å². The molecule has 0 radical (unpaired) electrons. The second-order valence-corrected chi connectivity index (χ2v) is 4.82. The molecule has 1 rings (SSSR count). The molecule has 0 aliphatic carbocycles. The van der Waals surface area contributed by atoms with Crippen LogP contribution >= 0.6 is 27.3 Å². The van der Waals surface area contributed by atoms with E-state index in [1.807, 2.05) is 0 Å². The van der Waals surface area contributed by atoms with E-state index < -0.39 is 5.97 Å². The molecule has 0 spiro atoms. The highest BCUT2D eigenvalue weighted by atomic mass is 79.9. The van der Waals surface area contributed by atoms with Gasteiger partial charge in [0.2, 0.25) is 5.91 Å². The van der Waals surface area contributed by atoms with Gasteiger partial charge < -0.3 is 10.4 Å². The van der Waals surface area contributed by atoms with Crippen molar-refractivity contribution >= 4 is 44.3 Å². The molecule has 0 aromatic carbocycles. The number of thiazole rings is 1. The van der Waals surface area contributed by atoms with E-state index in [-0.39, 0.29) is 18.7 Å². The smallest absolute Gasteiger partial charge is 0.303 e. The fourth-order valence-electron chi connectivity index (χ4n) is 0.714. The number of anilines is 1. The number of carbonyl (C=O) groups excluding carboxylic acids is 1. The van der Waals surface area contributed by atoms with Crippen molar-refractivity contribution in [1.82, 2.24) is 4.98 Å². The molecule has 0 fully saturated rings. The fourth-order valence-corrected chi connectivity index (χ4v) is 1.84.